The fourth-order valence-electron chi connectivity index (χ4n) is 3.88. The van der Waals surface area contributed by atoms with Crippen LogP contribution in [0.25, 0.3) is 16.8 Å². The number of nitrogens with one attached hydrogen (secondary N) is 2. The van der Waals surface area contributed by atoms with Crippen molar-refractivity contribution in [1.29, 1.82) is 0 Å². The van der Waals surface area contributed by atoms with Crippen LogP contribution in [0.2, 0.25) is 0 Å². The minimum absolute atomic E-state index is 0.134. The van der Waals surface area contributed by atoms with Gasteiger partial charge in [-0.05, 0) is 44.4 Å². The zero-order valence-electron chi connectivity index (χ0n) is 16.7. The van der Waals surface area contributed by atoms with Gasteiger partial charge in [-0.1, -0.05) is 0 Å². The fraction of sp³-hybridized carbons (Fsp3) is 0.273. The molecule has 7 heteroatoms. The van der Waals surface area contributed by atoms with Crippen LogP contribution in [0, 0.1) is 6.92 Å². The van der Waals surface area contributed by atoms with Crippen molar-refractivity contribution in [1.82, 2.24) is 19.7 Å². The summed E-state index contributed by atoms with van der Waals surface area (Å²) in [7, 11) is 1.97. The van der Waals surface area contributed by atoms with E-state index in [1.54, 1.807) is 18.6 Å². The van der Waals surface area contributed by atoms with Gasteiger partial charge in [-0.15, -0.1) is 0 Å². The molecule has 29 heavy (non-hydrogen) atoms. The molecule has 3 aromatic rings. The quantitative estimate of drug-likeness (QED) is 0.665. The maximum Gasteiger partial charge on any atom is 0.258 e. The van der Waals surface area contributed by atoms with Gasteiger partial charge in [-0.3, -0.25) is 19.4 Å². The number of allylic oxidation sites excluding steroid dienone is 1. The van der Waals surface area contributed by atoms with Crippen molar-refractivity contribution in [3.8, 4) is 11.3 Å². The minimum Gasteiger partial charge on any atom is -0.342 e. The highest BCUT2D eigenvalue weighted by Gasteiger charge is 2.29. The fourth-order valence-corrected chi connectivity index (χ4v) is 3.88. The van der Waals surface area contributed by atoms with Crippen LogP contribution in [0.3, 0.4) is 0 Å². The Kier molecular flexibility index (Phi) is 3.97. The number of hydrogen-bond donors (Lipinski definition) is 2. The first-order valence-corrected chi connectivity index (χ1v) is 9.76. The van der Waals surface area contributed by atoms with Gasteiger partial charge < -0.3 is 10.6 Å². The van der Waals surface area contributed by atoms with E-state index in [9.17, 15) is 4.79 Å². The molecule has 1 aliphatic carbocycles. The lowest BCUT2D eigenvalue weighted by Gasteiger charge is -2.09. The van der Waals surface area contributed by atoms with Gasteiger partial charge in [0, 0.05) is 53.9 Å². The molecule has 0 aromatic carbocycles. The second-order valence-electron chi connectivity index (χ2n) is 7.74. The lowest BCUT2D eigenvalue weighted by Crippen LogP contribution is -2.09. The molecule has 0 bridgehead atoms. The van der Waals surface area contributed by atoms with Gasteiger partial charge in [0.1, 0.15) is 0 Å². The number of fused-ring (bicyclic) bond motifs is 1. The Labute approximate surface area is 168 Å². The molecule has 0 atom stereocenters. The van der Waals surface area contributed by atoms with Gasteiger partial charge in [0.05, 0.1) is 23.2 Å². The highest BCUT2D eigenvalue weighted by atomic mass is 16.2. The molecule has 1 amide bonds. The molecule has 1 saturated carbocycles. The van der Waals surface area contributed by atoms with Gasteiger partial charge in [-0.25, -0.2) is 0 Å². The maximum absolute atomic E-state index is 12.7. The first-order valence-electron chi connectivity index (χ1n) is 9.76. The van der Waals surface area contributed by atoms with Crippen LogP contribution in [0.1, 0.15) is 42.5 Å². The standard InChI is InChI=1S/C22H22N6O/c1-12-6-7-23-10-16(12)17-8-15-18(11-24-17)26-22(29)21(15)13(2)25-20-9-19(14-4-5-14)28(3)27-20/h6-11,14H,4-5H2,1-3H3,(H,25,27)(H,26,29)/b21-13-. The zero-order valence-corrected chi connectivity index (χ0v) is 16.7. The lowest BCUT2D eigenvalue weighted by atomic mass is 10.0. The third-order valence-corrected chi connectivity index (χ3v) is 5.57. The Hall–Kier alpha value is -3.48. The number of amides is 1. The lowest BCUT2D eigenvalue weighted by molar-refractivity contribution is -0.110. The normalized spacial score (nSPS) is 17.1. The molecule has 3 aromatic heterocycles. The first kappa shape index (κ1) is 17.6. The molecule has 1 fully saturated rings. The molecule has 0 saturated heterocycles. The third kappa shape index (κ3) is 3.08. The van der Waals surface area contributed by atoms with E-state index in [4.69, 9.17) is 0 Å². The summed E-state index contributed by atoms with van der Waals surface area (Å²) in [4.78, 5) is 21.4. The zero-order chi connectivity index (χ0) is 20.1. The number of carbonyl (C=O) groups is 1. The summed E-state index contributed by atoms with van der Waals surface area (Å²) in [6.45, 7) is 3.93. The molecular weight excluding hydrogens is 364 g/mol. The van der Waals surface area contributed by atoms with Crippen LogP contribution in [-0.2, 0) is 11.8 Å². The van der Waals surface area contributed by atoms with Crippen molar-refractivity contribution in [2.24, 2.45) is 7.05 Å². The Morgan fingerprint density at radius 1 is 1.24 bits per heavy atom. The van der Waals surface area contributed by atoms with E-state index in [0.717, 1.165) is 39.6 Å². The molecular formula is C22H22N6O. The molecule has 146 valence electrons. The van der Waals surface area contributed by atoms with Gasteiger partial charge in [0.25, 0.3) is 5.91 Å². The molecule has 2 N–H and O–H groups in total. The Balaban J connectivity index is 1.53. The van der Waals surface area contributed by atoms with Crippen molar-refractivity contribution in [3.63, 3.8) is 0 Å². The van der Waals surface area contributed by atoms with Crippen molar-refractivity contribution in [3.05, 3.63) is 59.3 Å². The highest BCUT2D eigenvalue weighted by Crippen LogP contribution is 2.41. The molecule has 0 unspecified atom stereocenters. The predicted octanol–water partition coefficient (Wildman–Crippen LogP) is 3.86. The predicted molar refractivity (Wildman–Crippen MR) is 112 cm³/mol. The van der Waals surface area contributed by atoms with Crippen molar-refractivity contribution in [2.45, 2.75) is 32.6 Å². The van der Waals surface area contributed by atoms with Gasteiger partial charge in [-0.2, -0.15) is 5.10 Å². The summed E-state index contributed by atoms with van der Waals surface area (Å²) < 4.78 is 1.92. The van der Waals surface area contributed by atoms with E-state index in [0.29, 0.717) is 11.5 Å². The summed E-state index contributed by atoms with van der Waals surface area (Å²) in [5.41, 5.74) is 7.02. The topological polar surface area (TPSA) is 84.7 Å². The molecule has 0 radical (unpaired) electrons. The van der Waals surface area contributed by atoms with Gasteiger partial charge in [0.2, 0.25) is 0 Å². The van der Waals surface area contributed by atoms with Crippen LogP contribution >= 0.6 is 0 Å². The molecule has 4 heterocycles. The Bertz CT molecular complexity index is 1170. The summed E-state index contributed by atoms with van der Waals surface area (Å²) in [6, 6.07) is 5.98. The summed E-state index contributed by atoms with van der Waals surface area (Å²) in [5.74, 6) is 1.24. The second kappa shape index (κ2) is 6.55. The van der Waals surface area contributed by atoms with Crippen molar-refractivity contribution >= 4 is 23.0 Å². The van der Waals surface area contributed by atoms with E-state index < -0.39 is 0 Å². The summed E-state index contributed by atoms with van der Waals surface area (Å²) >= 11 is 0. The van der Waals surface area contributed by atoms with E-state index >= 15 is 0 Å². The van der Waals surface area contributed by atoms with E-state index in [2.05, 4.69) is 31.8 Å². The largest absolute Gasteiger partial charge is 0.342 e. The number of aryl methyl sites for hydroxylation is 2. The van der Waals surface area contributed by atoms with E-state index in [1.807, 2.05) is 37.7 Å². The Morgan fingerprint density at radius 3 is 2.83 bits per heavy atom. The maximum atomic E-state index is 12.7. The number of hydrogen-bond acceptors (Lipinski definition) is 5. The number of nitrogens with zero attached hydrogens (tertiary/aromatic N) is 4. The highest BCUT2D eigenvalue weighted by molar-refractivity contribution is 6.32. The van der Waals surface area contributed by atoms with Crippen LogP contribution in [-0.4, -0.2) is 25.7 Å². The van der Waals surface area contributed by atoms with E-state index in [-0.39, 0.29) is 5.91 Å². The van der Waals surface area contributed by atoms with Crippen LogP contribution in [0.4, 0.5) is 11.5 Å². The molecule has 0 spiro atoms. The molecule has 5 rings (SSSR count). The smallest absolute Gasteiger partial charge is 0.258 e. The van der Waals surface area contributed by atoms with Crippen molar-refractivity contribution in [2.75, 3.05) is 10.6 Å². The van der Waals surface area contributed by atoms with Crippen molar-refractivity contribution < 1.29 is 4.79 Å². The van der Waals surface area contributed by atoms with Gasteiger partial charge >= 0.3 is 0 Å². The monoisotopic (exact) mass is 386 g/mol. The van der Waals surface area contributed by atoms with Crippen LogP contribution < -0.4 is 10.6 Å². The van der Waals surface area contributed by atoms with E-state index in [1.165, 1.54) is 18.5 Å². The van der Waals surface area contributed by atoms with Crippen LogP contribution in [0.15, 0.2) is 42.5 Å². The number of anilines is 2. The number of aromatic nitrogens is 4. The average Bonchev–Trinajstić information content (AvgIpc) is 3.39. The number of rotatable bonds is 4. The summed E-state index contributed by atoms with van der Waals surface area (Å²) in [5, 5.41) is 10.8. The average molecular weight is 386 g/mol. The molecule has 1 aliphatic heterocycles. The number of carbonyl (C=O) groups excluding carboxylic acids is 1. The third-order valence-electron chi connectivity index (χ3n) is 5.57. The van der Waals surface area contributed by atoms with Crippen LogP contribution in [0.5, 0.6) is 0 Å². The molecule has 7 nitrogen and oxygen atoms in total. The molecule has 2 aliphatic rings. The van der Waals surface area contributed by atoms with Gasteiger partial charge in [0.15, 0.2) is 5.82 Å². The number of pyridine rings is 2. The minimum atomic E-state index is -0.134. The first-order chi connectivity index (χ1) is 14.0. The summed E-state index contributed by atoms with van der Waals surface area (Å²) in [6.07, 6.45) is 7.72. The Morgan fingerprint density at radius 2 is 2.07 bits per heavy atom. The SMILES string of the molecule is C/C(Nc1cc(C2CC2)n(C)n1)=C1/C(=O)Nc2cnc(-c3cnccc3C)cc21. The second-order valence-corrected chi connectivity index (χ2v) is 7.74.